The number of aromatic nitrogens is 2. The maximum Gasteiger partial charge on any atom is 0.326 e. The summed E-state index contributed by atoms with van der Waals surface area (Å²) in [5, 5.41) is 18.1. The van der Waals surface area contributed by atoms with E-state index in [0.29, 0.717) is 24.8 Å². The fraction of sp³-hybridized carbons (Fsp3) is 0.500. The van der Waals surface area contributed by atoms with E-state index in [-0.39, 0.29) is 5.69 Å². The number of rotatable bonds is 2. The molecule has 1 saturated heterocycles. The van der Waals surface area contributed by atoms with Crippen LogP contribution >= 0.6 is 0 Å². The molecule has 1 aliphatic rings. The lowest BCUT2D eigenvalue weighted by Crippen LogP contribution is -2.47. The molecule has 1 fully saturated rings. The standard InChI is InChI=1S/C12H14N4O2/c1-8-3-5-16(10(6-8)11(17)18)12-14-4-2-9(7-13)15-12/h2,4,8,10H,3,5-6H2,1H3,(H,17,18). The summed E-state index contributed by atoms with van der Waals surface area (Å²) in [5.41, 5.74) is 0.253. The Kier molecular flexibility index (Phi) is 3.42. The summed E-state index contributed by atoms with van der Waals surface area (Å²) in [6.45, 7) is 2.65. The molecule has 2 atom stereocenters. The number of carbonyl (C=O) groups is 1. The van der Waals surface area contributed by atoms with E-state index in [1.54, 1.807) is 4.90 Å². The van der Waals surface area contributed by atoms with Crippen molar-refractivity contribution in [3.63, 3.8) is 0 Å². The largest absolute Gasteiger partial charge is 0.480 e. The zero-order valence-electron chi connectivity index (χ0n) is 10.1. The second-order valence-electron chi connectivity index (χ2n) is 4.53. The number of nitriles is 1. The fourth-order valence-corrected chi connectivity index (χ4v) is 2.16. The van der Waals surface area contributed by atoms with Gasteiger partial charge in [0.15, 0.2) is 0 Å². The maximum absolute atomic E-state index is 11.3. The van der Waals surface area contributed by atoms with Crippen LogP contribution in [0.15, 0.2) is 12.3 Å². The molecule has 2 unspecified atom stereocenters. The van der Waals surface area contributed by atoms with E-state index in [2.05, 4.69) is 9.97 Å². The summed E-state index contributed by atoms with van der Waals surface area (Å²) in [5.74, 6) is -0.164. The van der Waals surface area contributed by atoms with Crippen LogP contribution in [0.1, 0.15) is 25.5 Å². The second kappa shape index (κ2) is 5.00. The van der Waals surface area contributed by atoms with Crippen LogP contribution in [0.5, 0.6) is 0 Å². The van der Waals surface area contributed by atoms with E-state index in [0.717, 1.165) is 6.42 Å². The van der Waals surface area contributed by atoms with Crippen molar-refractivity contribution in [1.82, 2.24) is 9.97 Å². The van der Waals surface area contributed by atoms with Crippen LogP contribution in [-0.2, 0) is 4.79 Å². The number of hydrogen-bond acceptors (Lipinski definition) is 5. The van der Waals surface area contributed by atoms with E-state index < -0.39 is 12.0 Å². The van der Waals surface area contributed by atoms with Crippen LogP contribution in [0.25, 0.3) is 0 Å². The Morgan fingerprint density at radius 1 is 1.67 bits per heavy atom. The highest BCUT2D eigenvalue weighted by Gasteiger charge is 2.33. The summed E-state index contributed by atoms with van der Waals surface area (Å²) in [6, 6.07) is 2.83. The molecule has 94 valence electrons. The Bertz CT molecular complexity index is 497. The number of piperidine rings is 1. The van der Waals surface area contributed by atoms with Crippen molar-refractivity contribution in [2.75, 3.05) is 11.4 Å². The lowest BCUT2D eigenvalue weighted by Gasteiger charge is -2.35. The highest BCUT2D eigenvalue weighted by Crippen LogP contribution is 2.25. The molecule has 6 heteroatoms. The number of nitrogens with zero attached hydrogens (tertiary/aromatic N) is 4. The van der Waals surface area contributed by atoms with Gasteiger partial charge in [-0.1, -0.05) is 6.92 Å². The first-order valence-corrected chi connectivity index (χ1v) is 5.84. The minimum absolute atomic E-state index is 0.253. The van der Waals surface area contributed by atoms with Crippen molar-refractivity contribution in [3.05, 3.63) is 18.0 Å². The van der Waals surface area contributed by atoms with Crippen LogP contribution in [0.3, 0.4) is 0 Å². The van der Waals surface area contributed by atoms with Gasteiger partial charge in [0, 0.05) is 12.7 Å². The van der Waals surface area contributed by atoms with Crippen LogP contribution in [0, 0.1) is 17.2 Å². The van der Waals surface area contributed by atoms with Gasteiger partial charge in [0.25, 0.3) is 0 Å². The molecule has 0 amide bonds. The van der Waals surface area contributed by atoms with Gasteiger partial charge in [0.05, 0.1) is 0 Å². The minimum Gasteiger partial charge on any atom is -0.480 e. The Labute approximate surface area is 105 Å². The average molecular weight is 246 g/mol. The van der Waals surface area contributed by atoms with E-state index in [1.807, 2.05) is 13.0 Å². The van der Waals surface area contributed by atoms with E-state index in [1.165, 1.54) is 12.3 Å². The predicted molar refractivity (Wildman–Crippen MR) is 63.9 cm³/mol. The maximum atomic E-state index is 11.3. The number of aliphatic carboxylic acids is 1. The second-order valence-corrected chi connectivity index (χ2v) is 4.53. The summed E-state index contributed by atoms with van der Waals surface area (Å²) >= 11 is 0. The van der Waals surface area contributed by atoms with Crippen molar-refractivity contribution in [2.45, 2.75) is 25.8 Å². The monoisotopic (exact) mass is 246 g/mol. The van der Waals surface area contributed by atoms with Crippen molar-refractivity contribution in [2.24, 2.45) is 5.92 Å². The molecule has 0 bridgehead atoms. The molecular formula is C12H14N4O2. The van der Waals surface area contributed by atoms with Gasteiger partial charge in [0.2, 0.25) is 5.95 Å². The molecule has 2 rings (SSSR count). The fourth-order valence-electron chi connectivity index (χ4n) is 2.16. The van der Waals surface area contributed by atoms with Crippen molar-refractivity contribution >= 4 is 11.9 Å². The minimum atomic E-state index is -0.868. The lowest BCUT2D eigenvalue weighted by molar-refractivity contribution is -0.139. The van der Waals surface area contributed by atoms with Gasteiger partial charge in [-0.25, -0.2) is 14.8 Å². The SMILES string of the molecule is CC1CCN(c2nccc(C#N)n2)C(C(=O)O)C1. The molecule has 18 heavy (non-hydrogen) atoms. The molecule has 1 aromatic heterocycles. The molecule has 1 N–H and O–H groups in total. The van der Waals surface area contributed by atoms with Crippen molar-refractivity contribution in [1.29, 1.82) is 5.26 Å². The molecule has 0 aliphatic carbocycles. The van der Waals surface area contributed by atoms with Crippen LogP contribution < -0.4 is 4.90 Å². The molecule has 1 aromatic rings. The number of carboxylic acids is 1. The molecule has 0 saturated carbocycles. The number of hydrogen-bond donors (Lipinski definition) is 1. The lowest BCUT2D eigenvalue weighted by atomic mass is 9.93. The van der Waals surface area contributed by atoms with Crippen molar-refractivity contribution < 1.29 is 9.90 Å². The molecule has 0 spiro atoms. The van der Waals surface area contributed by atoms with E-state index >= 15 is 0 Å². The van der Waals surface area contributed by atoms with Gasteiger partial charge in [-0.05, 0) is 24.8 Å². The number of anilines is 1. The Balaban J connectivity index is 2.29. The molecule has 1 aliphatic heterocycles. The average Bonchev–Trinajstić information content (AvgIpc) is 2.38. The summed E-state index contributed by atoms with van der Waals surface area (Å²) in [4.78, 5) is 21.1. The highest BCUT2D eigenvalue weighted by atomic mass is 16.4. The molecule has 2 heterocycles. The third kappa shape index (κ3) is 2.40. The zero-order chi connectivity index (χ0) is 13.1. The Morgan fingerprint density at radius 3 is 3.11 bits per heavy atom. The summed E-state index contributed by atoms with van der Waals surface area (Å²) in [7, 11) is 0. The Hall–Kier alpha value is -2.16. The molecule has 0 radical (unpaired) electrons. The predicted octanol–water partition coefficient (Wildman–Crippen LogP) is 1.04. The van der Waals surface area contributed by atoms with Gasteiger partial charge in [-0.15, -0.1) is 0 Å². The van der Waals surface area contributed by atoms with Gasteiger partial charge >= 0.3 is 5.97 Å². The Morgan fingerprint density at radius 2 is 2.44 bits per heavy atom. The molecular weight excluding hydrogens is 232 g/mol. The molecule has 0 aromatic carbocycles. The van der Waals surface area contributed by atoms with Crippen LogP contribution in [0.2, 0.25) is 0 Å². The summed E-state index contributed by atoms with van der Waals surface area (Å²) in [6.07, 6.45) is 2.97. The highest BCUT2D eigenvalue weighted by molar-refractivity contribution is 5.77. The van der Waals surface area contributed by atoms with Gasteiger partial charge in [0.1, 0.15) is 17.8 Å². The van der Waals surface area contributed by atoms with Crippen LogP contribution in [0.4, 0.5) is 5.95 Å². The summed E-state index contributed by atoms with van der Waals surface area (Å²) < 4.78 is 0. The van der Waals surface area contributed by atoms with Gasteiger partial charge < -0.3 is 10.0 Å². The normalized spacial score (nSPS) is 23.4. The van der Waals surface area contributed by atoms with Crippen LogP contribution in [-0.4, -0.2) is 33.6 Å². The number of carboxylic acid groups (broad SMARTS) is 1. The first kappa shape index (κ1) is 12.3. The topological polar surface area (TPSA) is 90.1 Å². The first-order valence-electron chi connectivity index (χ1n) is 5.84. The quantitative estimate of drug-likeness (QED) is 0.838. The molecule has 6 nitrogen and oxygen atoms in total. The van der Waals surface area contributed by atoms with Gasteiger partial charge in [-0.3, -0.25) is 0 Å². The third-order valence-electron chi connectivity index (χ3n) is 3.16. The third-order valence-corrected chi connectivity index (χ3v) is 3.16. The van der Waals surface area contributed by atoms with E-state index in [9.17, 15) is 9.90 Å². The van der Waals surface area contributed by atoms with Crippen molar-refractivity contribution in [3.8, 4) is 6.07 Å². The zero-order valence-corrected chi connectivity index (χ0v) is 10.1. The van der Waals surface area contributed by atoms with E-state index in [4.69, 9.17) is 5.26 Å². The first-order chi connectivity index (χ1) is 8.61. The van der Waals surface area contributed by atoms with Gasteiger partial charge in [-0.2, -0.15) is 5.26 Å². The smallest absolute Gasteiger partial charge is 0.326 e.